The zero-order valence-electron chi connectivity index (χ0n) is 13.2. The highest BCUT2D eigenvalue weighted by Crippen LogP contribution is 2.22. The van der Waals surface area contributed by atoms with Crippen LogP contribution in [0.5, 0.6) is 0 Å². The Hall–Kier alpha value is -1.62. The SMILES string of the molecule is CCCc1cc2cccnc2n(NCc2ccc(Cl)cc2Cl)c1=S. The molecule has 3 aromatic rings. The number of benzene rings is 1. The lowest BCUT2D eigenvalue weighted by Crippen LogP contribution is -2.18. The predicted octanol–water partition coefficient (Wildman–Crippen LogP) is 5.77. The molecule has 0 saturated carbocycles. The third kappa shape index (κ3) is 3.56. The summed E-state index contributed by atoms with van der Waals surface area (Å²) in [5, 5.41) is 2.31. The number of fused-ring (bicyclic) bond motifs is 1. The fraction of sp³-hybridized carbons (Fsp3) is 0.222. The number of nitrogens with one attached hydrogen (secondary N) is 1. The molecule has 0 aliphatic carbocycles. The molecule has 2 heterocycles. The van der Waals surface area contributed by atoms with Gasteiger partial charge in [-0.15, -0.1) is 0 Å². The molecule has 0 aliphatic heterocycles. The largest absolute Gasteiger partial charge is 0.319 e. The molecular weight excluding hydrogens is 361 g/mol. The zero-order valence-corrected chi connectivity index (χ0v) is 15.5. The van der Waals surface area contributed by atoms with Crippen LogP contribution in [0.4, 0.5) is 0 Å². The van der Waals surface area contributed by atoms with Crippen LogP contribution in [-0.2, 0) is 13.0 Å². The van der Waals surface area contributed by atoms with Crippen LogP contribution in [0.25, 0.3) is 11.0 Å². The zero-order chi connectivity index (χ0) is 17.1. The second kappa shape index (κ2) is 7.51. The van der Waals surface area contributed by atoms with Crippen LogP contribution in [0.3, 0.4) is 0 Å². The number of hydrogen-bond acceptors (Lipinski definition) is 3. The van der Waals surface area contributed by atoms with E-state index in [-0.39, 0.29) is 0 Å². The van der Waals surface area contributed by atoms with Gasteiger partial charge >= 0.3 is 0 Å². The van der Waals surface area contributed by atoms with Gasteiger partial charge in [0.05, 0.1) is 6.54 Å². The molecule has 0 unspecified atom stereocenters. The van der Waals surface area contributed by atoms with Gasteiger partial charge in [-0.25, -0.2) is 9.66 Å². The maximum absolute atomic E-state index is 6.26. The second-order valence-corrected chi connectivity index (χ2v) is 6.78. The Morgan fingerprint density at radius 3 is 2.75 bits per heavy atom. The summed E-state index contributed by atoms with van der Waals surface area (Å²) in [4.78, 5) is 4.47. The minimum absolute atomic E-state index is 0.533. The summed E-state index contributed by atoms with van der Waals surface area (Å²) in [7, 11) is 0. The number of aryl methyl sites for hydroxylation is 1. The van der Waals surface area contributed by atoms with Crippen molar-refractivity contribution < 1.29 is 0 Å². The first-order valence-corrected chi connectivity index (χ1v) is 8.94. The van der Waals surface area contributed by atoms with E-state index in [9.17, 15) is 0 Å². The summed E-state index contributed by atoms with van der Waals surface area (Å²) in [5.74, 6) is 0. The quantitative estimate of drug-likeness (QED) is 0.572. The number of hydrogen-bond donors (Lipinski definition) is 1. The van der Waals surface area contributed by atoms with E-state index in [1.54, 1.807) is 12.3 Å². The maximum atomic E-state index is 6.26. The van der Waals surface area contributed by atoms with Gasteiger partial charge in [-0.2, -0.15) is 0 Å². The van der Waals surface area contributed by atoms with Gasteiger partial charge in [0.25, 0.3) is 0 Å². The molecule has 0 atom stereocenters. The molecule has 3 rings (SSSR count). The number of halogens is 2. The topological polar surface area (TPSA) is 29.9 Å². The molecule has 0 bridgehead atoms. The predicted molar refractivity (Wildman–Crippen MR) is 104 cm³/mol. The molecular formula is C18H17Cl2N3S. The molecule has 0 spiro atoms. The summed E-state index contributed by atoms with van der Waals surface area (Å²) < 4.78 is 2.63. The fourth-order valence-electron chi connectivity index (χ4n) is 2.62. The normalized spacial score (nSPS) is 11.0. The van der Waals surface area contributed by atoms with Gasteiger partial charge in [0.1, 0.15) is 4.64 Å². The van der Waals surface area contributed by atoms with Gasteiger partial charge in [-0.05, 0) is 47.9 Å². The van der Waals surface area contributed by atoms with E-state index in [0.717, 1.165) is 39.6 Å². The van der Waals surface area contributed by atoms with Crippen molar-refractivity contribution >= 4 is 46.5 Å². The first-order chi connectivity index (χ1) is 11.6. The van der Waals surface area contributed by atoms with Crippen molar-refractivity contribution in [3.63, 3.8) is 0 Å². The summed E-state index contributed by atoms with van der Waals surface area (Å²) in [6.07, 6.45) is 3.75. The van der Waals surface area contributed by atoms with E-state index in [1.165, 1.54) is 0 Å². The van der Waals surface area contributed by atoms with E-state index in [2.05, 4.69) is 23.4 Å². The van der Waals surface area contributed by atoms with Crippen LogP contribution in [0, 0.1) is 4.64 Å². The van der Waals surface area contributed by atoms with E-state index in [0.29, 0.717) is 16.6 Å². The molecule has 2 aromatic heterocycles. The Kier molecular flexibility index (Phi) is 5.39. The molecule has 0 radical (unpaired) electrons. The van der Waals surface area contributed by atoms with Crippen molar-refractivity contribution in [2.75, 3.05) is 5.43 Å². The van der Waals surface area contributed by atoms with Crippen LogP contribution in [0.15, 0.2) is 42.6 Å². The number of nitrogens with zero attached hydrogens (tertiary/aromatic N) is 2. The Balaban J connectivity index is 2.01. The Morgan fingerprint density at radius 1 is 1.17 bits per heavy atom. The third-order valence-corrected chi connectivity index (χ3v) is 4.83. The molecule has 124 valence electrons. The van der Waals surface area contributed by atoms with E-state index in [4.69, 9.17) is 35.4 Å². The maximum Gasteiger partial charge on any atom is 0.159 e. The summed E-state index contributed by atoms with van der Waals surface area (Å²) >= 11 is 17.9. The summed E-state index contributed by atoms with van der Waals surface area (Å²) in [5.41, 5.74) is 6.26. The van der Waals surface area contributed by atoms with Crippen molar-refractivity contribution in [2.24, 2.45) is 0 Å². The van der Waals surface area contributed by atoms with E-state index < -0.39 is 0 Å². The fourth-order valence-corrected chi connectivity index (χ4v) is 3.41. The molecule has 0 amide bonds. The van der Waals surface area contributed by atoms with E-state index in [1.807, 2.05) is 28.9 Å². The van der Waals surface area contributed by atoms with Crippen LogP contribution in [-0.4, -0.2) is 9.66 Å². The van der Waals surface area contributed by atoms with Crippen LogP contribution < -0.4 is 5.43 Å². The van der Waals surface area contributed by atoms with Crippen LogP contribution in [0.1, 0.15) is 24.5 Å². The van der Waals surface area contributed by atoms with Crippen molar-refractivity contribution in [3.8, 4) is 0 Å². The summed E-state index contributed by atoms with van der Waals surface area (Å²) in [6, 6.07) is 11.6. The Bertz CT molecular complexity index is 937. The molecule has 1 aromatic carbocycles. The smallest absolute Gasteiger partial charge is 0.159 e. The lowest BCUT2D eigenvalue weighted by molar-refractivity contribution is 0.815. The van der Waals surface area contributed by atoms with Crippen LogP contribution >= 0.6 is 35.4 Å². The minimum atomic E-state index is 0.533. The Labute approximate surface area is 156 Å². The molecule has 6 heteroatoms. The van der Waals surface area contributed by atoms with Crippen molar-refractivity contribution in [1.82, 2.24) is 9.66 Å². The highest BCUT2D eigenvalue weighted by atomic mass is 35.5. The van der Waals surface area contributed by atoms with Gasteiger partial charge in [-0.3, -0.25) is 0 Å². The average molecular weight is 378 g/mol. The van der Waals surface area contributed by atoms with Gasteiger partial charge in [-0.1, -0.05) is 54.8 Å². The van der Waals surface area contributed by atoms with Gasteiger partial charge in [0.2, 0.25) is 0 Å². The minimum Gasteiger partial charge on any atom is -0.319 e. The molecule has 24 heavy (non-hydrogen) atoms. The highest BCUT2D eigenvalue weighted by Gasteiger charge is 2.08. The lowest BCUT2D eigenvalue weighted by Gasteiger charge is -2.16. The third-order valence-electron chi connectivity index (χ3n) is 3.80. The highest BCUT2D eigenvalue weighted by molar-refractivity contribution is 7.71. The van der Waals surface area contributed by atoms with Gasteiger partial charge in [0, 0.05) is 21.6 Å². The first-order valence-electron chi connectivity index (χ1n) is 7.77. The van der Waals surface area contributed by atoms with Crippen molar-refractivity contribution in [3.05, 3.63) is 68.4 Å². The second-order valence-electron chi connectivity index (χ2n) is 5.55. The molecule has 1 N–H and O–H groups in total. The number of rotatable bonds is 5. The Morgan fingerprint density at radius 2 is 2.00 bits per heavy atom. The number of aromatic nitrogens is 2. The average Bonchev–Trinajstić information content (AvgIpc) is 2.57. The molecule has 0 saturated heterocycles. The van der Waals surface area contributed by atoms with Gasteiger partial charge in [0.15, 0.2) is 5.65 Å². The standard InChI is InChI=1S/C18H17Cl2N3S/c1-2-4-13-9-12-5-3-8-21-17(12)23(18(13)24)22-11-14-6-7-15(19)10-16(14)20/h3,5-10,22H,2,4,11H2,1H3. The van der Waals surface area contributed by atoms with Crippen LogP contribution in [0.2, 0.25) is 10.0 Å². The number of pyridine rings is 2. The van der Waals surface area contributed by atoms with Crippen molar-refractivity contribution in [1.29, 1.82) is 0 Å². The monoisotopic (exact) mass is 377 g/mol. The lowest BCUT2D eigenvalue weighted by atomic mass is 10.1. The van der Waals surface area contributed by atoms with Gasteiger partial charge < -0.3 is 5.43 Å². The first kappa shape index (κ1) is 17.2. The van der Waals surface area contributed by atoms with Crippen molar-refractivity contribution in [2.45, 2.75) is 26.3 Å². The molecule has 0 fully saturated rings. The molecule has 0 aliphatic rings. The molecule has 3 nitrogen and oxygen atoms in total. The summed E-state index contributed by atoms with van der Waals surface area (Å²) in [6.45, 7) is 2.68. The van der Waals surface area contributed by atoms with E-state index >= 15 is 0 Å².